The molecule has 0 saturated carbocycles. The molecule has 47 heavy (non-hydrogen) atoms. The molecular formula is C36H20N9OZn-. The number of hydrogen-bond acceptors (Lipinski definition) is 8. The van der Waals surface area contributed by atoms with Gasteiger partial charge in [0.15, 0.2) is 0 Å². The van der Waals surface area contributed by atoms with E-state index in [0.717, 1.165) is 55.2 Å². The van der Waals surface area contributed by atoms with Crippen LogP contribution in [-0.2, 0) is 17.9 Å². The topological polar surface area (TPSA) is 131 Å². The Balaban J connectivity index is 1.32. The first-order chi connectivity index (χ1) is 23.2. The van der Waals surface area contributed by atoms with E-state index >= 15 is 0 Å². The molecule has 6 heterocycles. The van der Waals surface area contributed by atoms with Crippen LogP contribution in [0.1, 0.15) is 5.56 Å². The third-order valence-electron chi connectivity index (χ3n) is 7.84. The summed E-state index contributed by atoms with van der Waals surface area (Å²) >= 11 is 0.784. The number of aromatic amines is 2. The molecule has 2 N–H and O–H groups in total. The first-order valence-electron chi connectivity index (χ1n) is 14.9. The number of aromatic nitrogens is 9. The van der Waals surface area contributed by atoms with E-state index < -0.39 is 0 Å². The van der Waals surface area contributed by atoms with Crippen molar-refractivity contribution in [3.63, 3.8) is 0 Å². The van der Waals surface area contributed by atoms with E-state index in [9.17, 15) is 0 Å². The van der Waals surface area contributed by atoms with Crippen LogP contribution in [0.2, 0.25) is 0 Å². The average molecular weight is 660 g/mol. The van der Waals surface area contributed by atoms with E-state index in [1.165, 1.54) is 0 Å². The summed E-state index contributed by atoms with van der Waals surface area (Å²) in [6, 6.07) is 32.9. The monoisotopic (exact) mass is 658 g/mol. The zero-order chi connectivity index (χ0) is 31.3. The van der Waals surface area contributed by atoms with Gasteiger partial charge in [-0.3, -0.25) is 0 Å². The second-order valence-corrected chi connectivity index (χ2v) is 12.3. The summed E-state index contributed by atoms with van der Waals surface area (Å²) in [7, 11) is 0. The Morgan fingerprint density at radius 2 is 1.13 bits per heavy atom. The van der Waals surface area contributed by atoms with Crippen molar-refractivity contribution in [1.29, 1.82) is 0 Å². The summed E-state index contributed by atoms with van der Waals surface area (Å²) in [4.78, 5) is 40.8. The third kappa shape index (κ3) is 4.94. The van der Waals surface area contributed by atoms with Crippen molar-refractivity contribution in [3.05, 3.63) is 115 Å². The molecule has 0 saturated heterocycles. The Morgan fingerprint density at radius 1 is 0.596 bits per heavy atom. The first-order valence-corrected chi connectivity index (χ1v) is 16.3. The van der Waals surface area contributed by atoms with Crippen LogP contribution < -0.4 is 4.74 Å². The van der Waals surface area contributed by atoms with Crippen molar-refractivity contribution in [3.8, 4) is 51.4 Å². The van der Waals surface area contributed by atoms with Crippen LogP contribution in [0.15, 0.2) is 103 Å². The van der Waals surface area contributed by atoms with Gasteiger partial charge in [-0.1, -0.05) is 24.3 Å². The van der Waals surface area contributed by atoms with E-state index in [0.29, 0.717) is 57.3 Å². The summed E-state index contributed by atoms with van der Waals surface area (Å²) in [5.41, 5.74) is 6.54. The molecular weight excluding hydrogens is 640 g/mol. The second kappa shape index (κ2) is 11.1. The molecule has 10 nitrogen and oxygen atoms in total. The molecule has 4 aromatic heterocycles. The minimum atomic E-state index is 0.470. The normalized spacial score (nSPS) is 11.9. The van der Waals surface area contributed by atoms with Crippen LogP contribution in [0.5, 0.6) is 5.88 Å². The molecule has 9 rings (SSSR count). The second-order valence-electron chi connectivity index (χ2n) is 10.9. The number of benzene rings is 3. The molecule has 218 valence electrons. The number of pyridine rings is 1. The number of ether oxygens (including phenoxy) is 1. The Kier molecular flexibility index (Phi) is 6.43. The van der Waals surface area contributed by atoms with Crippen LogP contribution in [-0.4, -0.2) is 49.1 Å². The van der Waals surface area contributed by atoms with Crippen molar-refractivity contribution in [1.82, 2.24) is 44.9 Å². The molecule has 0 amide bonds. The van der Waals surface area contributed by atoms with Crippen molar-refractivity contribution in [2.24, 2.45) is 0 Å². The molecule has 8 bridgehead atoms. The molecule has 0 fully saturated rings. The SMILES string of the molecule is [Zn]=[C](/C=C\c1[c-]c2nc3nc(nc4[nH]c(nc5nc(nc1[nH]2)-c1ccccc1-5)c1ccccc41)-c1ccccc1-3)Oc1ccccn1. The molecule has 2 aliphatic rings. The van der Waals surface area contributed by atoms with Crippen LogP contribution in [0.3, 0.4) is 0 Å². The summed E-state index contributed by atoms with van der Waals surface area (Å²) in [5.74, 6) is 2.71. The average Bonchev–Trinajstić information content (AvgIpc) is 3.84. The Morgan fingerprint density at radius 3 is 1.70 bits per heavy atom. The van der Waals surface area contributed by atoms with Crippen LogP contribution in [0.4, 0.5) is 0 Å². The number of hydrogen-bond donors (Lipinski definition) is 2. The molecule has 0 aliphatic carbocycles. The molecule has 0 atom stereocenters. The van der Waals surface area contributed by atoms with Gasteiger partial charge in [-0.15, -0.1) is 0 Å². The van der Waals surface area contributed by atoms with Crippen LogP contribution >= 0.6 is 0 Å². The summed E-state index contributed by atoms with van der Waals surface area (Å²) in [6.07, 6.45) is 5.51. The fourth-order valence-electron chi connectivity index (χ4n) is 5.69. The van der Waals surface area contributed by atoms with Crippen LogP contribution in [0.25, 0.3) is 85.0 Å². The van der Waals surface area contributed by atoms with Gasteiger partial charge in [-0.25, -0.2) is 0 Å². The zero-order valence-corrected chi connectivity index (χ0v) is 27.6. The molecule has 7 aromatic rings. The quantitative estimate of drug-likeness (QED) is 0.158. The third-order valence-corrected chi connectivity index (χ3v) is 8.64. The minimum absolute atomic E-state index is 0.470. The zero-order valence-electron chi connectivity index (χ0n) is 24.6. The number of nitrogens with zero attached hydrogens (tertiary/aromatic N) is 7. The molecule has 0 spiro atoms. The van der Waals surface area contributed by atoms with Crippen molar-refractivity contribution in [2.75, 3.05) is 0 Å². The molecule has 0 radical (unpaired) electrons. The van der Waals surface area contributed by atoms with Crippen molar-refractivity contribution >= 4 is 43.7 Å². The van der Waals surface area contributed by atoms with Gasteiger partial charge in [0.05, 0.1) is 0 Å². The van der Waals surface area contributed by atoms with Gasteiger partial charge in [0, 0.05) is 5.39 Å². The molecule has 3 aromatic carbocycles. The van der Waals surface area contributed by atoms with Crippen molar-refractivity contribution < 1.29 is 22.6 Å². The van der Waals surface area contributed by atoms with Gasteiger partial charge in [0.1, 0.15) is 0 Å². The van der Waals surface area contributed by atoms with E-state index in [1.54, 1.807) is 6.20 Å². The van der Waals surface area contributed by atoms with Gasteiger partial charge in [-0.05, 0) is 0 Å². The first kappa shape index (κ1) is 27.3. The Labute approximate surface area is 276 Å². The number of H-pyrrole nitrogens is 2. The number of rotatable bonds is 4. The van der Waals surface area contributed by atoms with Gasteiger partial charge in [0.25, 0.3) is 0 Å². The van der Waals surface area contributed by atoms with Gasteiger partial charge in [-0.2, -0.15) is 0 Å². The van der Waals surface area contributed by atoms with Gasteiger partial charge < -0.3 is 0 Å². The van der Waals surface area contributed by atoms with Crippen molar-refractivity contribution in [2.45, 2.75) is 0 Å². The molecule has 0 unspecified atom stereocenters. The van der Waals surface area contributed by atoms with Crippen LogP contribution in [0, 0.1) is 6.07 Å². The summed E-state index contributed by atoms with van der Waals surface area (Å²) in [6.45, 7) is 0. The standard InChI is InChI=1S/C36H20N9O.Zn/c1-2-12-23-22(11-1)31-39-28-20-21(10-9-19-46-29-17-7-8-18-37-29)30(38-28)40-32-24-13-3-4-14-25(24)34(42-32)44-36-27-16-6-5-15-26(27)35(45-36)43-33(23)41-31;/h1-18H,(H2,38,39,40,41,42,43,44,45);/q-1;/b10-9-;. The molecule has 2 aliphatic heterocycles. The Hall–Kier alpha value is -6.06. The van der Waals surface area contributed by atoms with Gasteiger partial charge >= 0.3 is 248 Å². The summed E-state index contributed by atoms with van der Waals surface area (Å²) < 4.78 is 6.71. The van der Waals surface area contributed by atoms with Gasteiger partial charge in [0.2, 0.25) is 0 Å². The predicted molar refractivity (Wildman–Crippen MR) is 176 cm³/mol. The Bertz CT molecular complexity index is 2590. The number of nitrogens with one attached hydrogen (secondary N) is 2. The maximum absolute atomic E-state index is 5.94. The van der Waals surface area contributed by atoms with E-state index in [4.69, 9.17) is 34.6 Å². The maximum atomic E-state index is 5.94. The van der Waals surface area contributed by atoms with E-state index in [2.05, 4.69) is 21.0 Å². The van der Waals surface area contributed by atoms with E-state index in [1.807, 2.05) is 103 Å². The van der Waals surface area contributed by atoms with E-state index in [-0.39, 0.29) is 0 Å². The fourth-order valence-corrected chi connectivity index (χ4v) is 6.24. The fraction of sp³-hybridized carbons (Fsp3) is 0. The summed E-state index contributed by atoms with van der Waals surface area (Å²) in [5, 5.41) is 1.86. The predicted octanol–water partition coefficient (Wildman–Crippen LogP) is 6.68. The molecule has 11 heteroatoms. The number of fused-ring (bicyclic) bond motifs is 17.